The SMILES string of the molecule is NCCCC(=O)N1CCC[C@@H]1CNC(=O)c1ccc(N2C(F)CCC2NCCc2cccc(F)c2)nc1. The lowest BCUT2D eigenvalue weighted by molar-refractivity contribution is -0.132. The Morgan fingerprint density at radius 3 is 2.78 bits per heavy atom. The molecule has 0 spiro atoms. The lowest BCUT2D eigenvalue weighted by Crippen LogP contribution is -2.45. The minimum atomic E-state index is -1.18. The van der Waals surface area contributed by atoms with E-state index >= 15 is 0 Å². The van der Waals surface area contributed by atoms with Crippen LogP contribution in [-0.4, -0.2) is 66.4 Å². The number of nitrogens with zero attached hydrogens (tertiary/aromatic N) is 3. The number of alkyl halides is 1. The summed E-state index contributed by atoms with van der Waals surface area (Å²) in [7, 11) is 0. The average Bonchev–Trinajstić information content (AvgIpc) is 3.52. The zero-order valence-electron chi connectivity index (χ0n) is 21.0. The number of hydrogen-bond donors (Lipinski definition) is 3. The number of carbonyl (C=O) groups excluding carboxylic acids is 2. The van der Waals surface area contributed by atoms with E-state index in [1.165, 1.54) is 18.3 Å². The number of anilines is 1. The summed E-state index contributed by atoms with van der Waals surface area (Å²) in [5.41, 5.74) is 6.77. The Kier molecular flexibility index (Phi) is 9.40. The predicted octanol–water partition coefficient (Wildman–Crippen LogP) is 2.73. The zero-order valence-corrected chi connectivity index (χ0v) is 21.0. The minimum Gasteiger partial charge on any atom is -0.350 e. The molecule has 8 nitrogen and oxygen atoms in total. The van der Waals surface area contributed by atoms with Crippen molar-refractivity contribution >= 4 is 17.6 Å². The van der Waals surface area contributed by atoms with Crippen molar-refractivity contribution in [3.05, 3.63) is 59.5 Å². The van der Waals surface area contributed by atoms with Crippen molar-refractivity contribution in [2.45, 2.75) is 63.4 Å². The first-order chi connectivity index (χ1) is 18.0. The number of aromatic nitrogens is 1. The van der Waals surface area contributed by atoms with Crippen LogP contribution in [0.3, 0.4) is 0 Å². The Morgan fingerprint density at radius 2 is 2.03 bits per heavy atom. The smallest absolute Gasteiger partial charge is 0.252 e. The number of nitrogens with one attached hydrogen (secondary N) is 2. The molecule has 4 rings (SSSR count). The second-order valence-electron chi connectivity index (χ2n) is 9.66. The van der Waals surface area contributed by atoms with Crippen LogP contribution in [0.1, 0.15) is 54.4 Å². The fourth-order valence-corrected chi connectivity index (χ4v) is 5.11. The molecular formula is C27H36F2N6O2. The van der Waals surface area contributed by atoms with Gasteiger partial charge in [-0.3, -0.25) is 14.9 Å². The first-order valence-electron chi connectivity index (χ1n) is 13.1. The standard InChI is InChI=1S/C27H36F2N6O2/c28-21-5-1-4-19(16-21)12-14-31-24-11-9-23(29)35(24)25-10-8-20(17-32-25)27(37)33-18-22-6-3-15-34(22)26(36)7-2-13-30/h1,4-5,8,10,16-17,22-24,31H,2-3,6-7,9,11-15,18,30H2,(H,33,37)/t22-,23?,24?/m1/s1. The third-order valence-electron chi connectivity index (χ3n) is 7.06. The molecule has 10 heteroatoms. The van der Waals surface area contributed by atoms with E-state index in [0.29, 0.717) is 69.7 Å². The maximum atomic E-state index is 14.7. The topological polar surface area (TPSA) is 104 Å². The van der Waals surface area contributed by atoms with E-state index in [1.54, 1.807) is 23.1 Å². The van der Waals surface area contributed by atoms with Gasteiger partial charge >= 0.3 is 0 Å². The number of pyridine rings is 1. The largest absolute Gasteiger partial charge is 0.350 e. The lowest BCUT2D eigenvalue weighted by atomic mass is 10.1. The average molecular weight is 515 g/mol. The van der Waals surface area contributed by atoms with Crippen molar-refractivity contribution in [1.29, 1.82) is 0 Å². The predicted molar refractivity (Wildman–Crippen MR) is 138 cm³/mol. The maximum Gasteiger partial charge on any atom is 0.252 e. The molecule has 0 aliphatic carbocycles. The highest BCUT2D eigenvalue weighted by molar-refractivity contribution is 5.94. The molecule has 4 N–H and O–H groups in total. The van der Waals surface area contributed by atoms with E-state index in [0.717, 1.165) is 18.4 Å². The van der Waals surface area contributed by atoms with E-state index in [4.69, 9.17) is 5.73 Å². The Bertz CT molecular complexity index is 1050. The van der Waals surface area contributed by atoms with Gasteiger partial charge in [-0.05, 0) is 68.5 Å². The summed E-state index contributed by atoms with van der Waals surface area (Å²) in [6, 6.07) is 9.74. The number of nitrogens with two attached hydrogens (primary N) is 1. The first kappa shape index (κ1) is 26.9. The summed E-state index contributed by atoms with van der Waals surface area (Å²) in [4.78, 5) is 32.9. The van der Waals surface area contributed by atoms with Crippen molar-refractivity contribution < 1.29 is 18.4 Å². The van der Waals surface area contributed by atoms with Gasteiger partial charge in [0.05, 0.1) is 11.7 Å². The van der Waals surface area contributed by atoms with Crippen LogP contribution in [0.5, 0.6) is 0 Å². The molecule has 2 aliphatic rings. The second kappa shape index (κ2) is 12.9. The normalized spacial score (nSPS) is 21.4. The van der Waals surface area contributed by atoms with E-state index in [-0.39, 0.29) is 29.8 Å². The molecule has 3 atom stereocenters. The molecule has 37 heavy (non-hydrogen) atoms. The molecule has 2 unspecified atom stereocenters. The summed E-state index contributed by atoms with van der Waals surface area (Å²) in [6.45, 7) is 2.14. The molecule has 3 heterocycles. The Hall–Kier alpha value is -3.11. The van der Waals surface area contributed by atoms with Gasteiger partial charge in [0.1, 0.15) is 11.6 Å². The highest BCUT2D eigenvalue weighted by atomic mass is 19.1. The van der Waals surface area contributed by atoms with E-state index in [9.17, 15) is 18.4 Å². The van der Waals surface area contributed by atoms with Crippen LogP contribution in [0.15, 0.2) is 42.6 Å². The van der Waals surface area contributed by atoms with Crippen molar-refractivity contribution in [1.82, 2.24) is 20.5 Å². The van der Waals surface area contributed by atoms with Crippen LogP contribution in [-0.2, 0) is 11.2 Å². The van der Waals surface area contributed by atoms with Gasteiger partial charge in [0.25, 0.3) is 5.91 Å². The Balaban J connectivity index is 1.29. The van der Waals surface area contributed by atoms with Gasteiger partial charge in [-0.2, -0.15) is 0 Å². The number of carbonyl (C=O) groups is 2. The van der Waals surface area contributed by atoms with Crippen LogP contribution in [0.4, 0.5) is 14.6 Å². The lowest BCUT2D eigenvalue weighted by Gasteiger charge is -2.28. The van der Waals surface area contributed by atoms with Crippen LogP contribution in [0.2, 0.25) is 0 Å². The van der Waals surface area contributed by atoms with Crippen molar-refractivity contribution in [2.75, 3.05) is 31.1 Å². The molecule has 0 radical (unpaired) electrons. The monoisotopic (exact) mass is 514 g/mol. The molecule has 2 aliphatic heterocycles. The molecule has 2 amide bonds. The van der Waals surface area contributed by atoms with Gasteiger partial charge in [-0.15, -0.1) is 0 Å². The van der Waals surface area contributed by atoms with E-state index < -0.39 is 6.30 Å². The molecule has 200 valence electrons. The van der Waals surface area contributed by atoms with Gasteiger partial charge in [0, 0.05) is 44.7 Å². The highest BCUT2D eigenvalue weighted by Crippen LogP contribution is 2.29. The number of benzene rings is 1. The van der Waals surface area contributed by atoms with Crippen LogP contribution in [0, 0.1) is 5.82 Å². The Morgan fingerprint density at radius 1 is 1.16 bits per heavy atom. The maximum absolute atomic E-state index is 14.7. The number of likely N-dealkylation sites (tertiary alicyclic amines) is 1. The highest BCUT2D eigenvalue weighted by Gasteiger charge is 2.34. The van der Waals surface area contributed by atoms with Crippen LogP contribution < -0.4 is 21.3 Å². The fourth-order valence-electron chi connectivity index (χ4n) is 5.11. The molecule has 0 bridgehead atoms. The van der Waals surface area contributed by atoms with Crippen molar-refractivity contribution in [3.63, 3.8) is 0 Å². The van der Waals surface area contributed by atoms with Gasteiger partial charge in [-0.25, -0.2) is 13.8 Å². The molecule has 1 aromatic heterocycles. The molecule has 2 fully saturated rings. The van der Waals surface area contributed by atoms with Crippen LogP contribution in [0.25, 0.3) is 0 Å². The fraction of sp³-hybridized carbons (Fsp3) is 0.519. The quantitative estimate of drug-likeness (QED) is 0.399. The molecule has 1 aromatic carbocycles. The molecule has 2 aromatic rings. The van der Waals surface area contributed by atoms with Crippen molar-refractivity contribution in [3.8, 4) is 0 Å². The number of halogens is 2. The zero-order chi connectivity index (χ0) is 26.2. The third kappa shape index (κ3) is 7.01. The number of hydrogen-bond acceptors (Lipinski definition) is 6. The summed E-state index contributed by atoms with van der Waals surface area (Å²) < 4.78 is 28.1. The summed E-state index contributed by atoms with van der Waals surface area (Å²) >= 11 is 0. The summed E-state index contributed by atoms with van der Waals surface area (Å²) in [5.74, 6) is -0.00650. The number of amides is 2. The second-order valence-corrected chi connectivity index (χ2v) is 9.66. The van der Waals surface area contributed by atoms with Gasteiger partial charge < -0.3 is 20.9 Å². The van der Waals surface area contributed by atoms with Gasteiger partial charge in [-0.1, -0.05) is 12.1 Å². The summed E-state index contributed by atoms with van der Waals surface area (Å²) in [6.07, 6.45) is 4.53. The third-order valence-corrected chi connectivity index (χ3v) is 7.06. The van der Waals surface area contributed by atoms with Crippen molar-refractivity contribution in [2.24, 2.45) is 5.73 Å². The molecule has 0 saturated carbocycles. The van der Waals surface area contributed by atoms with Crippen LogP contribution >= 0.6 is 0 Å². The Labute approximate surface area is 216 Å². The minimum absolute atomic E-state index is 0.0161. The summed E-state index contributed by atoms with van der Waals surface area (Å²) in [5, 5.41) is 6.26. The van der Waals surface area contributed by atoms with Gasteiger partial charge in [0.2, 0.25) is 5.91 Å². The molecular weight excluding hydrogens is 478 g/mol. The van der Waals surface area contributed by atoms with E-state index in [1.807, 2.05) is 11.0 Å². The molecule has 2 saturated heterocycles. The van der Waals surface area contributed by atoms with Gasteiger partial charge in [0.15, 0.2) is 6.30 Å². The number of rotatable bonds is 11. The van der Waals surface area contributed by atoms with E-state index in [2.05, 4.69) is 15.6 Å². The first-order valence-corrected chi connectivity index (χ1v) is 13.1.